The summed E-state index contributed by atoms with van der Waals surface area (Å²) in [6.45, 7) is 5.75. The third-order valence-corrected chi connectivity index (χ3v) is 18.3. The third kappa shape index (κ3) is 8.45. The first-order valence-electron chi connectivity index (χ1n) is 25.4. The Hall–Kier alpha value is -5.75. The molecule has 5 aromatic rings. The number of rotatable bonds is 12. The Morgan fingerprint density at radius 1 is 0.929 bits per heavy atom. The topological polar surface area (TPSA) is 195 Å². The van der Waals surface area contributed by atoms with E-state index in [1.807, 2.05) is 42.3 Å². The molecule has 2 aromatic heterocycles. The van der Waals surface area contributed by atoms with Gasteiger partial charge in [-0.2, -0.15) is 4.98 Å². The van der Waals surface area contributed by atoms with Crippen molar-refractivity contribution in [2.45, 2.75) is 125 Å². The second-order valence-corrected chi connectivity index (χ2v) is 23.3. The number of nitro groups is 1. The van der Waals surface area contributed by atoms with Crippen molar-refractivity contribution < 1.29 is 32.7 Å². The summed E-state index contributed by atoms with van der Waals surface area (Å²) in [7, 11) is -4.61. The van der Waals surface area contributed by atoms with Crippen molar-refractivity contribution in [2.24, 2.45) is 11.3 Å². The minimum absolute atomic E-state index is 0.109. The Morgan fingerprint density at radius 2 is 1.71 bits per heavy atom. The van der Waals surface area contributed by atoms with E-state index in [0.29, 0.717) is 73.0 Å². The van der Waals surface area contributed by atoms with Crippen LogP contribution in [0.25, 0.3) is 11.0 Å². The Balaban J connectivity index is 0.806. The molecular formula is C53H62N8O8S. The third-order valence-electron chi connectivity index (χ3n) is 16.9. The van der Waals surface area contributed by atoms with Crippen molar-refractivity contribution >= 4 is 55.4 Å². The van der Waals surface area contributed by atoms with Crippen LogP contribution in [0.1, 0.15) is 117 Å². The van der Waals surface area contributed by atoms with Gasteiger partial charge in [0.15, 0.2) is 0 Å². The summed E-state index contributed by atoms with van der Waals surface area (Å²) in [4.78, 5) is 41.2. The molecule has 3 saturated carbocycles. The second kappa shape index (κ2) is 17.5. The van der Waals surface area contributed by atoms with E-state index in [-0.39, 0.29) is 23.2 Å². The number of likely N-dealkylation sites (tertiary alicyclic amines) is 1. The van der Waals surface area contributed by atoms with Gasteiger partial charge in [-0.25, -0.2) is 13.1 Å². The quantitative estimate of drug-likeness (QED) is 0.0686. The van der Waals surface area contributed by atoms with Gasteiger partial charge in [0.05, 0.1) is 45.9 Å². The number of pyridine rings is 1. The van der Waals surface area contributed by atoms with Crippen LogP contribution in [0.5, 0.6) is 5.88 Å². The smallest absolute Gasteiger partial charge is 0.293 e. The zero-order chi connectivity index (χ0) is 47.9. The van der Waals surface area contributed by atoms with Crippen LogP contribution in [-0.2, 0) is 14.8 Å². The normalized spacial score (nSPS) is 26.7. The number of hydrogen-bond donors (Lipinski definition) is 4. The molecular weight excluding hydrogens is 909 g/mol. The van der Waals surface area contributed by atoms with Gasteiger partial charge in [0.2, 0.25) is 5.88 Å². The molecule has 6 fully saturated rings. The van der Waals surface area contributed by atoms with E-state index in [1.165, 1.54) is 57.2 Å². The van der Waals surface area contributed by atoms with Crippen LogP contribution in [0.15, 0.2) is 83.9 Å². The van der Waals surface area contributed by atoms with E-state index < -0.39 is 43.1 Å². The zero-order valence-electron chi connectivity index (χ0n) is 39.6. The fourth-order valence-electron chi connectivity index (χ4n) is 12.8. The molecule has 1 spiro atoms. The van der Waals surface area contributed by atoms with Crippen molar-refractivity contribution in [3.8, 4) is 5.88 Å². The Kier molecular flexibility index (Phi) is 11.4. The van der Waals surface area contributed by atoms with Crippen LogP contribution < -0.4 is 24.6 Å². The summed E-state index contributed by atoms with van der Waals surface area (Å²) in [6, 6.07) is 23.0. The van der Waals surface area contributed by atoms with E-state index in [4.69, 9.17) is 14.5 Å². The van der Waals surface area contributed by atoms with Gasteiger partial charge in [0.1, 0.15) is 23.1 Å². The van der Waals surface area contributed by atoms with Crippen molar-refractivity contribution in [1.29, 1.82) is 0 Å². The highest BCUT2D eigenvalue weighted by Gasteiger charge is 2.51. The number of carbonyl (C=O) groups is 1. The number of aliphatic hydroxyl groups is 1. The average Bonchev–Trinajstić information content (AvgIpc) is 3.63. The molecule has 3 atom stereocenters. The zero-order valence-corrected chi connectivity index (χ0v) is 40.5. The number of hydrogen-bond acceptors (Lipinski definition) is 13. The van der Waals surface area contributed by atoms with E-state index in [2.05, 4.69) is 49.1 Å². The van der Waals surface area contributed by atoms with Gasteiger partial charge in [-0.1, -0.05) is 24.3 Å². The predicted octanol–water partition coefficient (Wildman–Crippen LogP) is 8.70. The largest absolute Gasteiger partial charge is 0.468 e. The van der Waals surface area contributed by atoms with Crippen molar-refractivity contribution in [1.82, 2.24) is 19.6 Å². The van der Waals surface area contributed by atoms with Gasteiger partial charge >= 0.3 is 0 Å². The molecule has 7 aliphatic rings. The molecule has 0 unspecified atom stereocenters. The highest BCUT2D eigenvalue weighted by molar-refractivity contribution is 7.90. The van der Waals surface area contributed by atoms with Gasteiger partial charge in [0.25, 0.3) is 21.6 Å². The maximum absolute atomic E-state index is 14.6. The molecule has 3 saturated heterocycles. The molecule has 4 aliphatic heterocycles. The number of amides is 1. The first-order valence-corrected chi connectivity index (χ1v) is 26.9. The van der Waals surface area contributed by atoms with Gasteiger partial charge in [-0.05, 0) is 161 Å². The SMILES string of the molecule is CC1(O)CCC(CNc2ccc(S(=O)(=O)NC(=O)c3ccc(N4CCC5(CC4)CC(N4CCC[C@H]4c4ccccc4C4CC4)C5)cc3N3c4cc5cc[nH]c5nc4O[C@H]4COC[C@@H]43)cc2[N+](=O)[O-])CC1. The van der Waals surface area contributed by atoms with Crippen LogP contribution in [0.4, 0.5) is 28.4 Å². The number of nitrogens with one attached hydrogen (secondary N) is 3. The van der Waals surface area contributed by atoms with Crippen LogP contribution in [0, 0.1) is 21.4 Å². The minimum Gasteiger partial charge on any atom is -0.468 e. The van der Waals surface area contributed by atoms with E-state index >= 15 is 0 Å². The summed E-state index contributed by atoms with van der Waals surface area (Å²) in [5.41, 5.74) is 5.28. The Morgan fingerprint density at radius 3 is 2.49 bits per heavy atom. The fraction of sp³-hybridized carbons (Fsp3) is 0.509. The van der Waals surface area contributed by atoms with Crippen LogP contribution in [0.2, 0.25) is 0 Å². The Labute approximate surface area is 408 Å². The highest BCUT2D eigenvalue weighted by Crippen LogP contribution is 2.55. The second-order valence-electron chi connectivity index (χ2n) is 21.6. The number of H-pyrrole nitrogens is 1. The van der Waals surface area contributed by atoms with Crippen LogP contribution >= 0.6 is 0 Å². The van der Waals surface area contributed by atoms with Gasteiger partial charge in [0, 0.05) is 55.1 Å². The number of fused-ring (bicyclic) bond motifs is 3. The lowest BCUT2D eigenvalue weighted by molar-refractivity contribution is -0.384. The number of aromatic nitrogens is 2. The molecule has 1 amide bonds. The number of piperidine rings is 1. The van der Waals surface area contributed by atoms with Crippen molar-refractivity contribution in [3.05, 3.63) is 106 Å². The summed E-state index contributed by atoms with van der Waals surface area (Å²) in [5, 5.41) is 26.7. The predicted molar refractivity (Wildman–Crippen MR) is 267 cm³/mol. The minimum atomic E-state index is -4.61. The summed E-state index contributed by atoms with van der Waals surface area (Å²) in [6.07, 6.45) is 13.9. The van der Waals surface area contributed by atoms with Crippen molar-refractivity contribution in [3.63, 3.8) is 0 Å². The number of ether oxygens (including phenoxy) is 2. The number of carbonyl (C=O) groups excluding carboxylic acids is 1. The lowest BCUT2D eigenvalue weighted by Crippen LogP contribution is -2.55. The first kappa shape index (κ1) is 45.4. The monoisotopic (exact) mass is 970 g/mol. The van der Waals surface area contributed by atoms with Crippen molar-refractivity contribution in [2.75, 3.05) is 54.5 Å². The Bertz CT molecular complexity index is 2950. The number of benzene rings is 3. The molecule has 368 valence electrons. The van der Waals surface area contributed by atoms with Crippen LogP contribution in [-0.4, -0.2) is 102 Å². The van der Waals surface area contributed by atoms with Crippen LogP contribution in [0.3, 0.4) is 0 Å². The number of nitro benzene ring substituents is 1. The fourth-order valence-corrected chi connectivity index (χ4v) is 13.7. The van der Waals surface area contributed by atoms with E-state index in [1.54, 1.807) is 17.2 Å². The molecule has 0 radical (unpaired) electrons. The van der Waals surface area contributed by atoms with Gasteiger partial charge in [-0.3, -0.25) is 19.8 Å². The molecule has 17 heteroatoms. The van der Waals surface area contributed by atoms with E-state index in [9.17, 15) is 28.4 Å². The number of anilines is 4. The molecule has 4 N–H and O–H groups in total. The van der Waals surface area contributed by atoms with E-state index in [0.717, 1.165) is 61.8 Å². The molecule has 0 bridgehead atoms. The maximum Gasteiger partial charge on any atom is 0.293 e. The summed E-state index contributed by atoms with van der Waals surface area (Å²) < 4.78 is 42.9. The lowest BCUT2D eigenvalue weighted by atomic mass is 9.59. The molecule has 3 aliphatic carbocycles. The van der Waals surface area contributed by atoms with Gasteiger partial charge < -0.3 is 34.7 Å². The molecule has 16 nitrogen and oxygen atoms in total. The molecule has 12 rings (SSSR count). The lowest BCUT2D eigenvalue weighted by Gasteiger charge is -2.56. The summed E-state index contributed by atoms with van der Waals surface area (Å²) in [5.74, 6) is 0.435. The average molecular weight is 971 g/mol. The molecule has 70 heavy (non-hydrogen) atoms. The molecule has 3 aromatic carbocycles. The number of nitrogens with zero attached hydrogens (tertiary/aromatic N) is 5. The van der Waals surface area contributed by atoms with Gasteiger partial charge in [-0.15, -0.1) is 0 Å². The first-order chi connectivity index (χ1) is 33.8. The summed E-state index contributed by atoms with van der Waals surface area (Å²) >= 11 is 0. The standard InChI is InChI=1S/C53H62N8O8S/c1-52(63)17-14-33(15-18-52)30-55-42-13-11-38(27-45(42)61(64)65)70(66,67)57-50(62)41-12-10-36(26-44(41)60-46-25-35-16-21-54-49(35)56-51(46)69-48-32-68-31-47(48)60)58-23-19-53(20-24-58)28-37(29-53)59-22-4-7-43(59)40-6-3-2-5-39(40)34-8-9-34/h2-3,5-6,10-13,16,21,25-27,33-34,37,43,47-48,55,63H,4,7-9,14-15,17-20,22-24,28-32H2,1H3,(H,54,56)(H,57,62)/t33?,43-,47-,48-,52?/m0/s1. The highest BCUT2D eigenvalue weighted by atomic mass is 32.2. The number of sulfonamides is 1. The number of aromatic amines is 1. The molecule has 6 heterocycles. The maximum atomic E-state index is 14.6.